The van der Waals surface area contributed by atoms with Crippen molar-refractivity contribution in [1.82, 2.24) is 5.32 Å². The van der Waals surface area contributed by atoms with Gasteiger partial charge in [0.2, 0.25) is 0 Å². The molecule has 1 rings (SSSR count). The standard InChI is InChI=1S/C15H20ClNO3/c1-11-10-12(7-8-13(11)16)15(19)17-9-5-3-4-6-14(18)20-2/h7-8,10H,3-6,9H2,1-2H3,(H,17,19). The second kappa shape index (κ2) is 8.59. The molecule has 0 aromatic heterocycles. The van der Waals surface area contributed by atoms with E-state index in [1.165, 1.54) is 7.11 Å². The van der Waals surface area contributed by atoms with Crippen LogP contribution in [0.4, 0.5) is 0 Å². The van der Waals surface area contributed by atoms with Gasteiger partial charge in [-0.3, -0.25) is 9.59 Å². The lowest BCUT2D eigenvalue weighted by atomic mass is 10.1. The molecule has 1 aromatic carbocycles. The van der Waals surface area contributed by atoms with E-state index >= 15 is 0 Å². The summed E-state index contributed by atoms with van der Waals surface area (Å²) in [6, 6.07) is 5.21. The molecule has 0 spiro atoms. The largest absolute Gasteiger partial charge is 0.469 e. The summed E-state index contributed by atoms with van der Waals surface area (Å²) in [6.07, 6.45) is 2.94. The number of hydrogen-bond acceptors (Lipinski definition) is 3. The molecule has 1 aromatic rings. The van der Waals surface area contributed by atoms with Gasteiger partial charge >= 0.3 is 5.97 Å². The quantitative estimate of drug-likeness (QED) is 0.621. The highest BCUT2D eigenvalue weighted by Crippen LogP contribution is 2.16. The smallest absolute Gasteiger partial charge is 0.305 e. The number of esters is 1. The van der Waals surface area contributed by atoms with Crippen LogP contribution in [-0.2, 0) is 9.53 Å². The molecule has 110 valence electrons. The summed E-state index contributed by atoms with van der Waals surface area (Å²) in [5.74, 6) is -0.289. The van der Waals surface area contributed by atoms with Gasteiger partial charge in [0.25, 0.3) is 5.91 Å². The van der Waals surface area contributed by atoms with Gasteiger partial charge in [0.1, 0.15) is 0 Å². The van der Waals surface area contributed by atoms with Crippen LogP contribution in [0.5, 0.6) is 0 Å². The minimum atomic E-state index is -0.189. The first-order chi connectivity index (χ1) is 9.54. The maximum Gasteiger partial charge on any atom is 0.305 e. The zero-order valence-corrected chi connectivity index (χ0v) is 12.6. The van der Waals surface area contributed by atoms with E-state index in [4.69, 9.17) is 11.6 Å². The van der Waals surface area contributed by atoms with Crippen molar-refractivity contribution in [3.05, 3.63) is 34.3 Å². The Bertz CT molecular complexity index is 474. The zero-order chi connectivity index (χ0) is 15.0. The fourth-order valence-corrected chi connectivity index (χ4v) is 1.88. The van der Waals surface area contributed by atoms with Gasteiger partial charge in [-0.05, 0) is 43.5 Å². The number of unbranched alkanes of at least 4 members (excludes halogenated alkanes) is 2. The summed E-state index contributed by atoms with van der Waals surface area (Å²) in [7, 11) is 1.39. The normalized spacial score (nSPS) is 10.2. The molecule has 0 bridgehead atoms. The number of carbonyl (C=O) groups is 2. The van der Waals surface area contributed by atoms with Gasteiger partial charge in [-0.25, -0.2) is 0 Å². The van der Waals surface area contributed by atoms with Crippen molar-refractivity contribution in [2.75, 3.05) is 13.7 Å². The van der Waals surface area contributed by atoms with Crippen LogP contribution in [0, 0.1) is 6.92 Å². The highest BCUT2D eigenvalue weighted by Gasteiger charge is 2.06. The number of rotatable bonds is 7. The Morgan fingerprint density at radius 1 is 1.25 bits per heavy atom. The Morgan fingerprint density at radius 3 is 2.65 bits per heavy atom. The monoisotopic (exact) mass is 297 g/mol. The summed E-state index contributed by atoms with van der Waals surface area (Å²) >= 11 is 5.91. The summed E-state index contributed by atoms with van der Waals surface area (Å²) in [4.78, 5) is 22.8. The molecule has 0 saturated carbocycles. The van der Waals surface area contributed by atoms with Crippen molar-refractivity contribution in [3.63, 3.8) is 0 Å². The van der Waals surface area contributed by atoms with Crippen LogP contribution in [0.3, 0.4) is 0 Å². The summed E-state index contributed by atoms with van der Waals surface area (Å²) in [5.41, 5.74) is 1.50. The molecule has 0 fully saturated rings. The first-order valence-electron chi connectivity index (χ1n) is 6.65. The van der Waals surface area contributed by atoms with Crippen LogP contribution in [0.25, 0.3) is 0 Å². The fourth-order valence-electron chi connectivity index (χ4n) is 1.76. The molecule has 4 nitrogen and oxygen atoms in total. The lowest BCUT2D eigenvalue weighted by molar-refractivity contribution is -0.140. The fraction of sp³-hybridized carbons (Fsp3) is 0.467. The van der Waals surface area contributed by atoms with Gasteiger partial charge in [-0.15, -0.1) is 0 Å². The third-order valence-corrected chi connectivity index (χ3v) is 3.42. The number of amides is 1. The Kier molecular flexibility index (Phi) is 7.09. The number of ether oxygens (including phenoxy) is 1. The summed E-state index contributed by atoms with van der Waals surface area (Å²) < 4.78 is 4.55. The van der Waals surface area contributed by atoms with Crippen molar-refractivity contribution in [1.29, 1.82) is 0 Å². The molecule has 0 aliphatic rings. The Morgan fingerprint density at radius 2 is 2.00 bits per heavy atom. The molecule has 0 atom stereocenters. The number of carbonyl (C=O) groups excluding carboxylic acids is 2. The third kappa shape index (κ3) is 5.61. The maximum absolute atomic E-state index is 11.9. The van der Waals surface area contributed by atoms with Gasteiger partial charge in [0, 0.05) is 23.6 Å². The lowest BCUT2D eigenvalue weighted by Crippen LogP contribution is -2.24. The van der Waals surface area contributed by atoms with Crippen LogP contribution >= 0.6 is 11.6 Å². The van der Waals surface area contributed by atoms with Gasteiger partial charge < -0.3 is 10.1 Å². The highest BCUT2D eigenvalue weighted by molar-refractivity contribution is 6.31. The highest BCUT2D eigenvalue weighted by atomic mass is 35.5. The Labute approximate surface area is 124 Å². The van der Waals surface area contributed by atoms with E-state index in [0.29, 0.717) is 23.6 Å². The van der Waals surface area contributed by atoms with Crippen molar-refractivity contribution in [2.24, 2.45) is 0 Å². The van der Waals surface area contributed by atoms with Crippen molar-refractivity contribution in [3.8, 4) is 0 Å². The summed E-state index contributed by atoms with van der Waals surface area (Å²) in [5, 5.41) is 3.51. The molecule has 0 aliphatic heterocycles. The van der Waals surface area contributed by atoms with Gasteiger partial charge in [-0.2, -0.15) is 0 Å². The second-order valence-corrected chi connectivity index (χ2v) is 5.01. The molecule has 1 amide bonds. The van der Waals surface area contributed by atoms with E-state index in [9.17, 15) is 9.59 Å². The molecular formula is C15H20ClNO3. The Hall–Kier alpha value is -1.55. The molecule has 0 saturated heterocycles. The Balaban J connectivity index is 2.23. The van der Waals surface area contributed by atoms with Gasteiger partial charge in [0.15, 0.2) is 0 Å². The number of methoxy groups -OCH3 is 1. The predicted molar refractivity (Wildman–Crippen MR) is 79.0 cm³/mol. The van der Waals surface area contributed by atoms with E-state index in [-0.39, 0.29) is 11.9 Å². The number of hydrogen-bond donors (Lipinski definition) is 1. The maximum atomic E-state index is 11.9. The number of halogens is 1. The van der Waals surface area contributed by atoms with Crippen LogP contribution in [0.2, 0.25) is 5.02 Å². The molecule has 1 N–H and O–H groups in total. The van der Waals surface area contributed by atoms with Crippen LogP contribution in [0.15, 0.2) is 18.2 Å². The molecule has 0 aliphatic carbocycles. The average molecular weight is 298 g/mol. The molecular weight excluding hydrogens is 278 g/mol. The van der Waals surface area contributed by atoms with Crippen molar-refractivity contribution >= 4 is 23.5 Å². The van der Waals surface area contributed by atoms with Crippen molar-refractivity contribution in [2.45, 2.75) is 32.6 Å². The first-order valence-corrected chi connectivity index (χ1v) is 7.03. The first kappa shape index (κ1) is 16.5. The second-order valence-electron chi connectivity index (χ2n) is 4.61. The zero-order valence-electron chi connectivity index (χ0n) is 11.9. The van der Waals surface area contributed by atoms with E-state index in [1.807, 2.05) is 6.92 Å². The minimum Gasteiger partial charge on any atom is -0.469 e. The average Bonchev–Trinajstić information content (AvgIpc) is 2.44. The molecule has 20 heavy (non-hydrogen) atoms. The van der Waals surface area contributed by atoms with Gasteiger partial charge in [-0.1, -0.05) is 18.0 Å². The van der Waals surface area contributed by atoms with Gasteiger partial charge in [0.05, 0.1) is 7.11 Å². The van der Waals surface area contributed by atoms with Crippen molar-refractivity contribution < 1.29 is 14.3 Å². The number of aryl methyl sites for hydroxylation is 1. The lowest BCUT2D eigenvalue weighted by Gasteiger charge is -2.06. The minimum absolute atomic E-state index is 0.0993. The van der Waals surface area contributed by atoms with E-state index in [0.717, 1.165) is 24.8 Å². The molecule has 5 heteroatoms. The van der Waals surface area contributed by atoms with E-state index < -0.39 is 0 Å². The topological polar surface area (TPSA) is 55.4 Å². The van der Waals surface area contributed by atoms with E-state index in [2.05, 4.69) is 10.1 Å². The predicted octanol–water partition coefficient (Wildman–Crippen LogP) is 3.11. The van der Waals surface area contributed by atoms with Crippen LogP contribution < -0.4 is 5.32 Å². The number of benzene rings is 1. The van der Waals surface area contributed by atoms with Crippen LogP contribution in [-0.4, -0.2) is 25.5 Å². The third-order valence-electron chi connectivity index (χ3n) is 2.99. The summed E-state index contributed by atoms with van der Waals surface area (Å²) in [6.45, 7) is 2.47. The number of nitrogens with one attached hydrogen (secondary N) is 1. The van der Waals surface area contributed by atoms with Crippen LogP contribution in [0.1, 0.15) is 41.6 Å². The van der Waals surface area contributed by atoms with E-state index in [1.54, 1.807) is 18.2 Å². The molecule has 0 radical (unpaired) electrons. The molecule has 0 heterocycles. The molecule has 0 unspecified atom stereocenters. The SMILES string of the molecule is COC(=O)CCCCCNC(=O)c1ccc(Cl)c(C)c1.